The molecule has 176 valence electrons. The lowest BCUT2D eigenvalue weighted by atomic mass is 10.1. The Balaban J connectivity index is 1.42. The first-order valence-electron chi connectivity index (χ1n) is 11.1. The van der Waals surface area contributed by atoms with Crippen molar-refractivity contribution in [2.45, 2.75) is 42.9 Å². The summed E-state index contributed by atoms with van der Waals surface area (Å²) >= 11 is 1.65. The number of nitrogens with two attached hydrogens (primary N) is 1. The highest BCUT2D eigenvalue weighted by Gasteiger charge is 2.21. The second-order valence-corrected chi connectivity index (χ2v) is 12.5. The molecular formula is C24H26N6O2S2. The van der Waals surface area contributed by atoms with Crippen molar-refractivity contribution in [3.8, 4) is 33.6 Å². The zero-order valence-electron chi connectivity index (χ0n) is 19.0. The van der Waals surface area contributed by atoms with Gasteiger partial charge in [0.2, 0.25) is 0 Å². The van der Waals surface area contributed by atoms with Crippen molar-refractivity contribution in [3.63, 3.8) is 0 Å². The lowest BCUT2D eigenvalue weighted by molar-refractivity contribution is 0.583. The van der Waals surface area contributed by atoms with E-state index in [-0.39, 0.29) is 17.0 Å². The van der Waals surface area contributed by atoms with Crippen LogP contribution in [0.25, 0.3) is 33.6 Å². The van der Waals surface area contributed by atoms with E-state index in [2.05, 4.69) is 37.4 Å². The predicted octanol–water partition coefficient (Wildman–Crippen LogP) is 4.41. The van der Waals surface area contributed by atoms with E-state index in [4.69, 9.17) is 10.2 Å². The summed E-state index contributed by atoms with van der Waals surface area (Å²) in [6.07, 6.45) is 3.92. The Morgan fingerprint density at radius 1 is 1.18 bits per heavy atom. The molecule has 3 N–H and O–H groups in total. The number of anilines is 1. The van der Waals surface area contributed by atoms with Crippen molar-refractivity contribution in [3.05, 3.63) is 47.5 Å². The SMILES string of the molecule is C=S(=O)(c1ccc(-c2cnc(N)c(-c3nnc(-c4ccc(C5CCCN5)s4)o3)n2)cc1)C(C)C. The van der Waals surface area contributed by atoms with E-state index in [9.17, 15) is 4.21 Å². The molecule has 0 radical (unpaired) electrons. The van der Waals surface area contributed by atoms with Crippen LogP contribution in [0, 0.1) is 0 Å². The number of nitrogens with one attached hydrogen (secondary N) is 1. The molecular weight excluding hydrogens is 468 g/mol. The van der Waals surface area contributed by atoms with Crippen LogP contribution in [0.3, 0.4) is 0 Å². The molecule has 2 atom stereocenters. The van der Waals surface area contributed by atoms with Gasteiger partial charge in [-0.2, -0.15) is 0 Å². The summed E-state index contributed by atoms with van der Waals surface area (Å²) in [5, 5.41) is 11.8. The summed E-state index contributed by atoms with van der Waals surface area (Å²) in [4.78, 5) is 11.8. The van der Waals surface area contributed by atoms with Crippen LogP contribution in [0.2, 0.25) is 0 Å². The Bertz CT molecular complexity index is 1420. The first kappa shape index (κ1) is 22.7. The second-order valence-electron chi connectivity index (χ2n) is 8.55. The number of thiophene rings is 1. The fraction of sp³-hybridized carbons (Fsp3) is 0.292. The van der Waals surface area contributed by atoms with Crippen LogP contribution in [-0.2, 0) is 9.52 Å². The van der Waals surface area contributed by atoms with Crippen LogP contribution < -0.4 is 11.1 Å². The highest BCUT2D eigenvalue weighted by molar-refractivity contribution is 8.00. The van der Waals surface area contributed by atoms with E-state index in [0.717, 1.165) is 23.4 Å². The van der Waals surface area contributed by atoms with Crippen molar-refractivity contribution in [2.75, 3.05) is 12.3 Å². The maximum absolute atomic E-state index is 12.8. The van der Waals surface area contributed by atoms with E-state index in [1.807, 2.05) is 44.2 Å². The Kier molecular flexibility index (Phi) is 5.97. The highest BCUT2D eigenvalue weighted by Crippen LogP contribution is 2.35. The summed E-state index contributed by atoms with van der Waals surface area (Å²) in [7, 11) is -2.35. The fourth-order valence-electron chi connectivity index (χ4n) is 3.82. The smallest absolute Gasteiger partial charge is 0.270 e. The molecule has 1 fully saturated rings. The molecule has 0 bridgehead atoms. The zero-order valence-corrected chi connectivity index (χ0v) is 20.7. The molecule has 1 aliphatic heterocycles. The van der Waals surface area contributed by atoms with Crippen molar-refractivity contribution >= 4 is 32.5 Å². The van der Waals surface area contributed by atoms with Crippen LogP contribution in [0.4, 0.5) is 5.82 Å². The Labute approximate surface area is 202 Å². The van der Waals surface area contributed by atoms with Crippen LogP contribution in [-0.4, -0.2) is 42.0 Å². The molecule has 1 saturated heterocycles. The maximum atomic E-state index is 12.8. The summed E-state index contributed by atoms with van der Waals surface area (Å²) in [6.45, 7) is 4.86. The minimum absolute atomic E-state index is 0.0538. The quantitative estimate of drug-likeness (QED) is 0.378. The largest absolute Gasteiger partial charge is 0.414 e. The third kappa shape index (κ3) is 4.24. The number of hydrogen-bond donors (Lipinski definition) is 2. The molecule has 2 unspecified atom stereocenters. The van der Waals surface area contributed by atoms with Gasteiger partial charge in [0, 0.05) is 26.6 Å². The Hall–Kier alpha value is -3.08. The van der Waals surface area contributed by atoms with Gasteiger partial charge in [0.05, 0.1) is 16.8 Å². The molecule has 0 aliphatic carbocycles. The molecule has 5 rings (SSSR count). The molecule has 8 nitrogen and oxygen atoms in total. The topological polar surface area (TPSA) is 120 Å². The van der Waals surface area contributed by atoms with Gasteiger partial charge in [-0.3, -0.25) is 4.21 Å². The minimum Gasteiger partial charge on any atom is -0.414 e. The standard InChI is InChI=1S/C24H26N6O2S2/c1-14(2)34(3,31)16-8-6-15(7-9-16)18-13-27-22(25)21(28-18)24-30-29-23(32-24)20-11-10-19(33-20)17-5-4-12-26-17/h6-11,13-14,17,26H,3-5,12H2,1-2H3,(H2,25,27). The average Bonchev–Trinajstić information content (AvgIpc) is 3.60. The molecule has 4 aromatic rings. The zero-order chi connectivity index (χ0) is 23.9. The number of nitrogen functional groups attached to an aromatic ring is 1. The molecule has 34 heavy (non-hydrogen) atoms. The van der Waals surface area contributed by atoms with Gasteiger partial charge in [0.15, 0.2) is 11.5 Å². The third-order valence-corrected chi connectivity index (χ3v) is 9.76. The number of hydrogen-bond acceptors (Lipinski definition) is 9. The predicted molar refractivity (Wildman–Crippen MR) is 137 cm³/mol. The van der Waals surface area contributed by atoms with E-state index in [0.29, 0.717) is 28.2 Å². The van der Waals surface area contributed by atoms with Crippen LogP contribution >= 0.6 is 11.3 Å². The molecule has 0 spiro atoms. The third-order valence-electron chi connectivity index (χ3n) is 5.98. The molecule has 4 heterocycles. The van der Waals surface area contributed by atoms with Gasteiger partial charge in [-0.05, 0) is 59.0 Å². The van der Waals surface area contributed by atoms with Crippen molar-refractivity contribution in [1.29, 1.82) is 0 Å². The van der Waals surface area contributed by atoms with Crippen LogP contribution in [0.5, 0.6) is 0 Å². The lowest BCUT2D eigenvalue weighted by Crippen LogP contribution is -2.13. The summed E-state index contributed by atoms with van der Waals surface area (Å²) in [5.74, 6) is 4.76. The first-order chi connectivity index (χ1) is 16.3. The minimum atomic E-state index is -2.35. The van der Waals surface area contributed by atoms with E-state index >= 15 is 0 Å². The van der Waals surface area contributed by atoms with E-state index in [1.165, 1.54) is 11.3 Å². The van der Waals surface area contributed by atoms with E-state index in [1.54, 1.807) is 17.5 Å². The van der Waals surface area contributed by atoms with Crippen LogP contribution in [0.15, 0.2) is 51.9 Å². The first-order valence-corrected chi connectivity index (χ1v) is 13.7. The van der Waals surface area contributed by atoms with Crippen molar-refractivity contribution < 1.29 is 8.63 Å². The molecule has 0 amide bonds. The van der Waals surface area contributed by atoms with Gasteiger partial charge in [0.25, 0.3) is 11.8 Å². The summed E-state index contributed by atoms with van der Waals surface area (Å²) in [5.41, 5.74) is 7.83. The van der Waals surface area contributed by atoms with Crippen LogP contribution in [0.1, 0.15) is 37.6 Å². The molecule has 3 aromatic heterocycles. The van der Waals surface area contributed by atoms with Gasteiger partial charge in [-0.1, -0.05) is 26.0 Å². The lowest BCUT2D eigenvalue weighted by Gasteiger charge is -2.13. The van der Waals surface area contributed by atoms with Gasteiger partial charge >= 0.3 is 0 Å². The summed E-state index contributed by atoms with van der Waals surface area (Å²) in [6, 6.07) is 11.9. The van der Waals surface area contributed by atoms with E-state index < -0.39 is 9.52 Å². The number of benzene rings is 1. The van der Waals surface area contributed by atoms with Gasteiger partial charge in [-0.15, -0.1) is 21.5 Å². The molecule has 1 aliphatic rings. The molecule has 0 saturated carbocycles. The summed E-state index contributed by atoms with van der Waals surface area (Å²) < 4.78 is 18.8. The molecule has 10 heteroatoms. The number of aromatic nitrogens is 4. The normalized spacial score (nSPS) is 17.8. The van der Waals surface area contributed by atoms with Gasteiger partial charge in [-0.25, -0.2) is 9.97 Å². The highest BCUT2D eigenvalue weighted by atomic mass is 32.2. The van der Waals surface area contributed by atoms with Gasteiger partial charge in [0.1, 0.15) is 0 Å². The van der Waals surface area contributed by atoms with Gasteiger partial charge < -0.3 is 15.5 Å². The number of rotatable bonds is 6. The number of nitrogens with zero attached hydrogens (tertiary/aromatic N) is 4. The Morgan fingerprint density at radius 2 is 1.94 bits per heavy atom. The second kappa shape index (κ2) is 8.94. The Morgan fingerprint density at radius 3 is 2.65 bits per heavy atom. The van der Waals surface area contributed by atoms with Crippen molar-refractivity contribution in [1.82, 2.24) is 25.5 Å². The average molecular weight is 495 g/mol. The fourth-order valence-corrected chi connectivity index (χ4v) is 6.00. The van der Waals surface area contributed by atoms with Crippen molar-refractivity contribution in [2.24, 2.45) is 0 Å². The maximum Gasteiger partial charge on any atom is 0.270 e. The monoisotopic (exact) mass is 494 g/mol. The molecule has 1 aromatic carbocycles.